The van der Waals surface area contributed by atoms with E-state index in [1.54, 1.807) is 13.2 Å². The van der Waals surface area contributed by atoms with Crippen molar-refractivity contribution in [1.82, 2.24) is 0 Å². The molecule has 22 heavy (non-hydrogen) atoms. The van der Waals surface area contributed by atoms with Crippen LogP contribution in [0.4, 0.5) is 18.9 Å². The van der Waals surface area contributed by atoms with Crippen LogP contribution in [0.15, 0.2) is 42.5 Å². The van der Waals surface area contributed by atoms with Gasteiger partial charge in [-0.3, -0.25) is 0 Å². The molecule has 0 bridgehead atoms. The molecule has 0 fully saturated rings. The summed E-state index contributed by atoms with van der Waals surface area (Å²) in [6, 6.07) is 12.0. The van der Waals surface area contributed by atoms with Gasteiger partial charge < -0.3 is 14.8 Å². The van der Waals surface area contributed by atoms with Crippen LogP contribution in [-0.4, -0.2) is 13.5 Å². The molecular weight excluding hydrogens is 295 g/mol. The van der Waals surface area contributed by atoms with Crippen molar-refractivity contribution in [2.45, 2.75) is 18.8 Å². The Morgan fingerprint density at radius 2 is 1.73 bits per heavy atom. The standard InChI is InChI=1S/C16H14F3NO2/c1-21-12-4-2-10(3-5-12)15-9-11-8-13(22-16(17,18)19)6-7-14(11)20-15/h2-8,15,20H,9H2,1H3. The van der Waals surface area contributed by atoms with Crippen LogP contribution in [0.2, 0.25) is 0 Å². The molecule has 2 aromatic rings. The first-order valence-electron chi connectivity index (χ1n) is 6.74. The summed E-state index contributed by atoms with van der Waals surface area (Å²) < 4.78 is 45.8. The Hall–Kier alpha value is -2.37. The maximum Gasteiger partial charge on any atom is 0.573 e. The van der Waals surface area contributed by atoms with Crippen molar-refractivity contribution in [3.63, 3.8) is 0 Å². The van der Waals surface area contributed by atoms with E-state index in [1.807, 2.05) is 24.3 Å². The van der Waals surface area contributed by atoms with E-state index in [1.165, 1.54) is 12.1 Å². The number of fused-ring (bicyclic) bond motifs is 1. The molecule has 1 heterocycles. The van der Waals surface area contributed by atoms with Crippen molar-refractivity contribution in [2.24, 2.45) is 0 Å². The smallest absolute Gasteiger partial charge is 0.497 e. The van der Waals surface area contributed by atoms with Crippen LogP contribution in [0.25, 0.3) is 0 Å². The average molecular weight is 309 g/mol. The Morgan fingerprint density at radius 1 is 1.05 bits per heavy atom. The predicted molar refractivity (Wildman–Crippen MR) is 76.2 cm³/mol. The molecule has 1 unspecified atom stereocenters. The van der Waals surface area contributed by atoms with Gasteiger partial charge in [0.25, 0.3) is 0 Å². The van der Waals surface area contributed by atoms with Crippen LogP contribution >= 0.6 is 0 Å². The van der Waals surface area contributed by atoms with Gasteiger partial charge in [0.15, 0.2) is 0 Å². The Bertz CT molecular complexity index is 668. The summed E-state index contributed by atoms with van der Waals surface area (Å²) in [5.41, 5.74) is 2.69. The number of hydrogen-bond acceptors (Lipinski definition) is 3. The lowest BCUT2D eigenvalue weighted by Gasteiger charge is -2.12. The van der Waals surface area contributed by atoms with Gasteiger partial charge in [-0.2, -0.15) is 0 Å². The van der Waals surface area contributed by atoms with Gasteiger partial charge in [-0.25, -0.2) is 0 Å². The van der Waals surface area contributed by atoms with E-state index in [0.29, 0.717) is 6.42 Å². The zero-order chi connectivity index (χ0) is 15.7. The topological polar surface area (TPSA) is 30.5 Å². The molecule has 2 aromatic carbocycles. The summed E-state index contributed by atoms with van der Waals surface area (Å²) in [4.78, 5) is 0. The van der Waals surface area contributed by atoms with Crippen molar-refractivity contribution in [3.8, 4) is 11.5 Å². The fourth-order valence-electron chi connectivity index (χ4n) is 2.57. The predicted octanol–water partition coefficient (Wildman–Crippen LogP) is 4.30. The Kier molecular flexibility index (Phi) is 3.60. The SMILES string of the molecule is COc1ccc(C2Cc3cc(OC(F)(F)F)ccc3N2)cc1. The molecule has 0 spiro atoms. The van der Waals surface area contributed by atoms with Crippen molar-refractivity contribution < 1.29 is 22.6 Å². The summed E-state index contributed by atoms with van der Waals surface area (Å²) in [5.74, 6) is 0.573. The minimum atomic E-state index is -4.67. The number of rotatable bonds is 3. The van der Waals surface area contributed by atoms with E-state index in [-0.39, 0.29) is 11.8 Å². The second-order valence-corrected chi connectivity index (χ2v) is 5.04. The number of halogens is 3. The highest BCUT2D eigenvalue weighted by Crippen LogP contribution is 2.37. The van der Waals surface area contributed by atoms with E-state index in [9.17, 15) is 13.2 Å². The molecule has 0 saturated carbocycles. The lowest BCUT2D eigenvalue weighted by atomic mass is 10.0. The van der Waals surface area contributed by atoms with Gasteiger partial charge in [0, 0.05) is 5.69 Å². The van der Waals surface area contributed by atoms with Gasteiger partial charge >= 0.3 is 6.36 Å². The highest BCUT2D eigenvalue weighted by molar-refractivity contribution is 5.60. The summed E-state index contributed by atoms with van der Waals surface area (Å²) in [6.45, 7) is 0. The fourth-order valence-corrected chi connectivity index (χ4v) is 2.57. The van der Waals surface area contributed by atoms with Gasteiger partial charge in [0.2, 0.25) is 0 Å². The molecule has 1 aliphatic heterocycles. The first-order chi connectivity index (χ1) is 10.4. The molecule has 0 aromatic heterocycles. The fraction of sp³-hybridized carbons (Fsp3) is 0.250. The molecule has 0 amide bonds. The minimum absolute atomic E-state index is 0.0297. The third kappa shape index (κ3) is 3.10. The number of anilines is 1. The monoisotopic (exact) mass is 309 g/mol. The summed E-state index contributed by atoms with van der Waals surface area (Å²) in [5, 5.41) is 3.30. The number of hydrogen-bond donors (Lipinski definition) is 1. The van der Waals surface area contributed by atoms with Gasteiger partial charge in [-0.1, -0.05) is 12.1 Å². The quantitative estimate of drug-likeness (QED) is 0.917. The third-order valence-corrected chi connectivity index (χ3v) is 3.58. The first-order valence-corrected chi connectivity index (χ1v) is 6.74. The number of ether oxygens (including phenoxy) is 2. The Balaban J connectivity index is 1.77. The lowest BCUT2D eigenvalue weighted by Crippen LogP contribution is -2.17. The summed E-state index contributed by atoms with van der Waals surface area (Å²) >= 11 is 0. The van der Waals surface area contributed by atoms with Crippen molar-refractivity contribution in [1.29, 1.82) is 0 Å². The zero-order valence-corrected chi connectivity index (χ0v) is 11.8. The van der Waals surface area contributed by atoms with Crippen molar-refractivity contribution in [3.05, 3.63) is 53.6 Å². The van der Waals surface area contributed by atoms with Crippen LogP contribution in [0, 0.1) is 0 Å². The van der Waals surface area contributed by atoms with Crippen LogP contribution in [-0.2, 0) is 6.42 Å². The molecule has 0 radical (unpaired) electrons. The van der Waals surface area contributed by atoms with E-state index in [4.69, 9.17) is 4.74 Å². The highest BCUT2D eigenvalue weighted by atomic mass is 19.4. The average Bonchev–Trinajstić information content (AvgIpc) is 2.89. The van der Waals surface area contributed by atoms with Crippen LogP contribution in [0.1, 0.15) is 17.2 Å². The highest BCUT2D eigenvalue weighted by Gasteiger charge is 2.32. The second kappa shape index (κ2) is 5.44. The number of methoxy groups -OCH3 is 1. The number of alkyl halides is 3. The molecule has 1 N–H and O–H groups in total. The molecule has 1 aliphatic rings. The van der Waals surface area contributed by atoms with Crippen molar-refractivity contribution in [2.75, 3.05) is 12.4 Å². The molecule has 116 valence electrons. The molecule has 3 rings (SSSR count). The Morgan fingerprint density at radius 3 is 2.36 bits per heavy atom. The van der Waals surface area contributed by atoms with E-state index < -0.39 is 6.36 Å². The van der Waals surface area contributed by atoms with E-state index >= 15 is 0 Å². The van der Waals surface area contributed by atoms with E-state index in [2.05, 4.69) is 10.1 Å². The van der Waals surface area contributed by atoms with Gasteiger partial charge in [0.1, 0.15) is 11.5 Å². The second-order valence-electron chi connectivity index (χ2n) is 5.04. The van der Waals surface area contributed by atoms with Gasteiger partial charge in [0.05, 0.1) is 13.2 Å². The lowest BCUT2D eigenvalue weighted by molar-refractivity contribution is -0.274. The normalized spacial score (nSPS) is 16.8. The van der Waals surface area contributed by atoms with Crippen LogP contribution in [0.5, 0.6) is 11.5 Å². The molecule has 0 aliphatic carbocycles. The number of nitrogens with one attached hydrogen (secondary N) is 1. The molecule has 0 saturated heterocycles. The Labute approximate surface area is 125 Å². The first kappa shape index (κ1) is 14.6. The van der Waals surface area contributed by atoms with Gasteiger partial charge in [-0.05, 0) is 47.9 Å². The number of benzene rings is 2. The van der Waals surface area contributed by atoms with Crippen LogP contribution < -0.4 is 14.8 Å². The summed E-state index contributed by atoms with van der Waals surface area (Å²) in [7, 11) is 1.60. The maximum absolute atomic E-state index is 12.3. The third-order valence-electron chi connectivity index (χ3n) is 3.58. The minimum Gasteiger partial charge on any atom is -0.497 e. The summed E-state index contributed by atoms with van der Waals surface area (Å²) in [6.07, 6.45) is -4.06. The largest absolute Gasteiger partial charge is 0.573 e. The molecular formula is C16H14F3NO2. The maximum atomic E-state index is 12.3. The van der Waals surface area contributed by atoms with Crippen LogP contribution in [0.3, 0.4) is 0 Å². The van der Waals surface area contributed by atoms with Gasteiger partial charge in [-0.15, -0.1) is 13.2 Å². The van der Waals surface area contributed by atoms with Crippen molar-refractivity contribution >= 4 is 5.69 Å². The molecule has 1 atom stereocenters. The molecule has 3 nitrogen and oxygen atoms in total. The zero-order valence-electron chi connectivity index (χ0n) is 11.8. The van der Waals surface area contributed by atoms with E-state index in [0.717, 1.165) is 22.6 Å². The molecule has 6 heteroatoms.